The fourth-order valence-corrected chi connectivity index (χ4v) is 5.16. The van der Waals surface area contributed by atoms with Crippen molar-refractivity contribution in [1.29, 1.82) is 5.26 Å². The second kappa shape index (κ2) is 10.2. The van der Waals surface area contributed by atoms with Crippen molar-refractivity contribution in [2.24, 2.45) is 0 Å². The maximum atomic E-state index is 13.0. The van der Waals surface area contributed by atoms with Crippen LogP contribution in [0.1, 0.15) is 49.4 Å². The van der Waals surface area contributed by atoms with Crippen LogP contribution in [-0.2, 0) is 6.42 Å². The minimum Gasteiger partial charge on any atom is -0.490 e. The summed E-state index contributed by atoms with van der Waals surface area (Å²) in [5.74, 6) is 1.36. The number of nitrogens with zero attached hydrogens (tertiary/aromatic N) is 5. The molecule has 0 radical (unpaired) electrons. The number of nitriles is 1. The largest absolute Gasteiger partial charge is 0.490 e. The van der Waals surface area contributed by atoms with Crippen LogP contribution in [0.25, 0.3) is 22.8 Å². The normalized spacial score (nSPS) is 18.8. The summed E-state index contributed by atoms with van der Waals surface area (Å²) in [6, 6.07) is 13.8. The van der Waals surface area contributed by atoms with E-state index in [1.54, 1.807) is 12.1 Å². The van der Waals surface area contributed by atoms with Gasteiger partial charge < -0.3 is 24.4 Å². The molecule has 2 atom stereocenters. The van der Waals surface area contributed by atoms with Gasteiger partial charge in [0.1, 0.15) is 11.8 Å². The number of ether oxygens (including phenoxy) is 1. The van der Waals surface area contributed by atoms with Gasteiger partial charge in [0.15, 0.2) is 0 Å². The van der Waals surface area contributed by atoms with E-state index in [2.05, 4.69) is 46.6 Å². The number of likely N-dealkylation sites (tertiary alicyclic amines) is 1. The molecular weight excluding hydrogens is 468 g/mol. The molecule has 0 unspecified atom stereocenters. The van der Waals surface area contributed by atoms with Crippen LogP contribution in [-0.4, -0.2) is 65.3 Å². The molecule has 0 saturated carbocycles. The number of hydrogen-bond donors (Lipinski definition) is 1. The third-order valence-electron chi connectivity index (χ3n) is 7.13. The van der Waals surface area contributed by atoms with Crippen molar-refractivity contribution in [3.8, 4) is 34.7 Å². The molecule has 1 aromatic heterocycles. The predicted molar refractivity (Wildman–Crippen MR) is 139 cm³/mol. The topological polar surface area (TPSA) is 108 Å². The second-order valence-electron chi connectivity index (χ2n) is 10.2. The smallest absolute Gasteiger partial charge is 0.317 e. The number of hydrogen-bond acceptors (Lipinski definition) is 7. The molecule has 3 aromatic rings. The number of benzene rings is 2. The van der Waals surface area contributed by atoms with Gasteiger partial charge in [-0.2, -0.15) is 10.2 Å². The Kier molecular flexibility index (Phi) is 6.85. The molecule has 37 heavy (non-hydrogen) atoms. The Morgan fingerprint density at radius 3 is 2.84 bits per heavy atom. The highest BCUT2D eigenvalue weighted by Crippen LogP contribution is 2.38. The molecule has 1 saturated heterocycles. The molecule has 1 aliphatic carbocycles. The fourth-order valence-electron chi connectivity index (χ4n) is 5.16. The van der Waals surface area contributed by atoms with Crippen molar-refractivity contribution >= 4 is 6.03 Å². The summed E-state index contributed by atoms with van der Waals surface area (Å²) in [5.41, 5.74) is 4.21. The lowest BCUT2D eigenvalue weighted by molar-refractivity contribution is 0.199. The van der Waals surface area contributed by atoms with Gasteiger partial charge in [0.05, 0.1) is 17.7 Å². The number of amides is 2. The fraction of sp³-hybridized carbons (Fsp3) is 0.429. The van der Waals surface area contributed by atoms with E-state index in [4.69, 9.17) is 9.26 Å². The van der Waals surface area contributed by atoms with E-state index in [9.17, 15) is 10.1 Å². The average Bonchev–Trinajstić information content (AvgIpc) is 3.64. The van der Waals surface area contributed by atoms with Crippen LogP contribution in [0, 0.1) is 11.3 Å². The third-order valence-corrected chi connectivity index (χ3v) is 7.13. The number of rotatable bonds is 6. The maximum absolute atomic E-state index is 13.0. The van der Waals surface area contributed by atoms with Gasteiger partial charge in [0, 0.05) is 30.3 Å². The van der Waals surface area contributed by atoms with E-state index in [1.807, 2.05) is 36.9 Å². The van der Waals surface area contributed by atoms with E-state index < -0.39 is 0 Å². The molecular formula is C28H32N6O3. The van der Waals surface area contributed by atoms with Gasteiger partial charge >= 0.3 is 6.03 Å². The highest BCUT2D eigenvalue weighted by atomic mass is 16.5. The number of carbonyl (C=O) groups excluding carboxylic acids is 1. The molecule has 1 fully saturated rings. The van der Waals surface area contributed by atoms with Gasteiger partial charge in [-0.1, -0.05) is 23.4 Å². The molecule has 1 aliphatic heterocycles. The van der Waals surface area contributed by atoms with Crippen molar-refractivity contribution in [1.82, 2.24) is 25.3 Å². The first-order chi connectivity index (χ1) is 17.8. The highest BCUT2D eigenvalue weighted by molar-refractivity contribution is 5.76. The Morgan fingerprint density at radius 2 is 2.11 bits per heavy atom. The van der Waals surface area contributed by atoms with Crippen molar-refractivity contribution in [3.63, 3.8) is 0 Å². The van der Waals surface area contributed by atoms with E-state index >= 15 is 0 Å². The first-order valence-electron chi connectivity index (χ1n) is 12.7. The molecule has 2 amide bonds. The molecule has 5 rings (SSSR count). The zero-order valence-corrected chi connectivity index (χ0v) is 21.7. The molecule has 2 aromatic carbocycles. The SMILES string of the molecule is CC(C)Oc1ccc(-c2nc(-c3cccc4c3CC[C@@H]4NC(=O)N3CC[C@H](N(C)C)C3)no2)cc1C#N. The summed E-state index contributed by atoms with van der Waals surface area (Å²) in [7, 11) is 4.12. The van der Waals surface area contributed by atoms with E-state index in [1.165, 1.54) is 0 Å². The summed E-state index contributed by atoms with van der Waals surface area (Å²) in [4.78, 5) is 21.7. The minimum atomic E-state index is -0.0427. The number of aromatic nitrogens is 2. The summed E-state index contributed by atoms with van der Waals surface area (Å²) < 4.78 is 11.3. The zero-order valence-electron chi connectivity index (χ0n) is 21.7. The van der Waals surface area contributed by atoms with E-state index in [-0.39, 0.29) is 18.2 Å². The Bertz CT molecular complexity index is 1340. The maximum Gasteiger partial charge on any atom is 0.317 e. The van der Waals surface area contributed by atoms with Gasteiger partial charge in [-0.3, -0.25) is 0 Å². The molecule has 1 N–H and O–H groups in total. The van der Waals surface area contributed by atoms with Crippen LogP contribution in [0.3, 0.4) is 0 Å². The average molecular weight is 501 g/mol. The van der Waals surface area contributed by atoms with Crippen molar-refractivity contribution in [3.05, 3.63) is 53.1 Å². The quantitative estimate of drug-likeness (QED) is 0.535. The minimum absolute atomic E-state index is 0.00681. The number of likely N-dealkylation sites (N-methyl/N-ethyl adjacent to an activating group) is 1. The van der Waals surface area contributed by atoms with Crippen molar-refractivity contribution in [2.45, 2.75) is 51.3 Å². The van der Waals surface area contributed by atoms with E-state index in [0.29, 0.717) is 34.6 Å². The third kappa shape index (κ3) is 5.02. The Labute approximate surface area is 217 Å². The first-order valence-corrected chi connectivity index (χ1v) is 12.7. The van der Waals surface area contributed by atoms with Gasteiger partial charge in [-0.25, -0.2) is 4.79 Å². The van der Waals surface area contributed by atoms with Crippen molar-refractivity contribution in [2.75, 3.05) is 27.2 Å². The molecule has 192 valence electrons. The van der Waals surface area contributed by atoms with Crippen LogP contribution in [0.2, 0.25) is 0 Å². The zero-order chi connectivity index (χ0) is 26.1. The molecule has 2 heterocycles. The van der Waals surface area contributed by atoms with Gasteiger partial charge in [0.25, 0.3) is 5.89 Å². The van der Waals surface area contributed by atoms with Gasteiger partial charge in [-0.15, -0.1) is 0 Å². The molecule has 0 bridgehead atoms. The van der Waals surface area contributed by atoms with Crippen LogP contribution in [0.5, 0.6) is 5.75 Å². The molecule has 0 spiro atoms. The lowest BCUT2D eigenvalue weighted by Crippen LogP contribution is -2.41. The van der Waals surface area contributed by atoms with E-state index in [0.717, 1.165) is 49.0 Å². The second-order valence-corrected chi connectivity index (χ2v) is 10.2. The monoisotopic (exact) mass is 500 g/mol. The standard InChI is InChI=1S/C28H32N6O3/c1-17(2)36-25-11-8-18(14-19(25)15-29)27-31-26(32-37-27)23-7-5-6-22-21(23)9-10-24(22)30-28(35)34-13-12-20(16-34)33(3)4/h5-8,11,14,17,20,24H,9-10,12-13,16H2,1-4H3,(H,30,35)/t20-,24-/m0/s1. The first kappa shape index (κ1) is 24.8. The lowest BCUT2D eigenvalue weighted by atomic mass is 10.0. The number of nitrogens with one attached hydrogen (secondary N) is 1. The molecule has 9 heteroatoms. The number of urea groups is 1. The van der Waals surface area contributed by atoms with Crippen LogP contribution >= 0.6 is 0 Å². The summed E-state index contributed by atoms with van der Waals surface area (Å²) in [6.45, 7) is 5.36. The lowest BCUT2D eigenvalue weighted by Gasteiger charge is -2.23. The van der Waals surface area contributed by atoms with Crippen molar-refractivity contribution < 1.29 is 14.1 Å². The van der Waals surface area contributed by atoms with Crippen LogP contribution < -0.4 is 10.1 Å². The van der Waals surface area contributed by atoms with Crippen LogP contribution in [0.4, 0.5) is 4.79 Å². The number of carbonyl (C=O) groups is 1. The predicted octanol–water partition coefficient (Wildman–Crippen LogP) is 4.40. The van der Waals surface area contributed by atoms with Crippen LogP contribution in [0.15, 0.2) is 40.9 Å². The summed E-state index contributed by atoms with van der Waals surface area (Å²) >= 11 is 0. The Morgan fingerprint density at radius 1 is 1.27 bits per heavy atom. The Hall–Kier alpha value is -3.90. The summed E-state index contributed by atoms with van der Waals surface area (Å²) in [6.07, 6.45) is 2.61. The molecule has 2 aliphatic rings. The van der Waals surface area contributed by atoms with Gasteiger partial charge in [-0.05, 0) is 76.5 Å². The van der Waals surface area contributed by atoms with Gasteiger partial charge in [0.2, 0.25) is 5.82 Å². The molecule has 9 nitrogen and oxygen atoms in total. The number of fused-ring (bicyclic) bond motifs is 1. The highest BCUT2D eigenvalue weighted by Gasteiger charge is 2.32. The summed E-state index contributed by atoms with van der Waals surface area (Å²) in [5, 5.41) is 17.0. The Balaban J connectivity index is 1.34.